The molecule has 0 aliphatic carbocycles. The van der Waals surface area contributed by atoms with E-state index in [-0.39, 0.29) is 0 Å². The van der Waals surface area contributed by atoms with Crippen LogP contribution in [0.3, 0.4) is 0 Å². The smallest absolute Gasteiger partial charge is 0.0219 e. The molecule has 2 N–H and O–H groups in total. The van der Waals surface area contributed by atoms with Crippen LogP contribution in [-0.4, -0.2) is 35.7 Å². The second-order valence-electron chi connectivity index (χ2n) is 4.63. The molecule has 2 nitrogen and oxygen atoms in total. The Hall–Kier alpha value is 0.270. The summed E-state index contributed by atoms with van der Waals surface area (Å²) >= 11 is 2.11. The summed E-state index contributed by atoms with van der Waals surface area (Å²) in [6, 6.07) is 2.11. The fourth-order valence-corrected chi connectivity index (χ4v) is 3.75. The highest BCUT2D eigenvalue weighted by Gasteiger charge is 2.28. The van der Waals surface area contributed by atoms with Crippen LogP contribution in [0.25, 0.3) is 0 Å². The molecule has 0 saturated carbocycles. The summed E-state index contributed by atoms with van der Waals surface area (Å²) < 4.78 is 0. The topological polar surface area (TPSA) is 24.1 Å². The van der Waals surface area contributed by atoms with Gasteiger partial charge in [-0.2, -0.15) is 11.8 Å². The van der Waals surface area contributed by atoms with Gasteiger partial charge in [-0.3, -0.25) is 0 Å². The highest BCUT2D eigenvalue weighted by molar-refractivity contribution is 8.00. The van der Waals surface area contributed by atoms with Crippen LogP contribution in [0.1, 0.15) is 33.1 Å². The molecule has 0 spiro atoms. The van der Waals surface area contributed by atoms with E-state index in [1.54, 1.807) is 0 Å². The molecule has 3 heteroatoms. The summed E-state index contributed by atoms with van der Waals surface area (Å²) in [6.45, 7) is 5.90. The molecular weight excluding hydrogens is 192 g/mol. The zero-order chi connectivity index (χ0) is 9.97. The average molecular weight is 214 g/mol. The first kappa shape index (κ1) is 10.8. The molecule has 2 fully saturated rings. The number of hydrogen-bond donors (Lipinski definition) is 2. The van der Waals surface area contributed by atoms with Crippen molar-refractivity contribution in [3.8, 4) is 0 Å². The molecule has 2 aliphatic heterocycles. The molecule has 2 heterocycles. The van der Waals surface area contributed by atoms with Crippen LogP contribution < -0.4 is 10.6 Å². The van der Waals surface area contributed by atoms with E-state index in [1.807, 2.05) is 0 Å². The maximum absolute atomic E-state index is 3.79. The minimum absolute atomic E-state index is 0.642. The normalized spacial score (nSPS) is 40.3. The van der Waals surface area contributed by atoms with Gasteiger partial charge in [0.2, 0.25) is 0 Å². The minimum atomic E-state index is 0.642. The first-order valence-electron chi connectivity index (χ1n) is 5.88. The van der Waals surface area contributed by atoms with Crippen molar-refractivity contribution < 1.29 is 0 Å². The summed E-state index contributed by atoms with van der Waals surface area (Å²) in [5.41, 5.74) is 0. The van der Waals surface area contributed by atoms with Gasteiger partial charge >= 0.3 is 0 Å². The second-order valence-corrected chi connectivity index (χ2v) is 6.11. The van der Waals surface area contributed by atoms with Gasteiger partial charge in [0.25, 0.3) is 0 Å². The van der Waals surface area contributed by atoms with Gasteiger partial charge in [0, 0.05) is 23.4 Å². The van der Waals surface area contributed by atoms with Crippen molar-refractivity contribution in [3.05, 3.63) is 0 Å². The fraction of sp³-hybridized carbons (Fsp3) is 1.00. The molecule has 0 aromatic heterocycles. The lowest BCUT2D eigenvalue weighted by Gasteiger charge is -2.26. The molecular formula is C11H22N2S. The van der Waals surface area contributed by atoms with E-state index in [0.29, 0.717) is 12.1 Å². The second kappa shape index (κ2) is 4.86. The molecule has 2 saturated heterocycles. The number of thioether (sulfide) groups is 1. The highest BCUT2D eigenvalue weighted by Crippen LogP contribution is 2.26. The molecule has 0 aromatic rings. The van der Waals surface area contributed by atoms with Crippen LogP contribution in [0.15, 0.2) is 0 Å². The fourth-order valence-electron chi connectivity index (χ4n) is 2.54. The van der Waals surface area contributed by atoms with E-state index in [9.17, 15) is 0 Å². The van der Waals surface area contributed by atoms with Crippen molar-refractivity contribution in [1.29, 1.82) is 0 Å². The predicted molar refractivity (Wildman–Crippen MR) is 63.9 cm³/mol. The van der Waals surface area contributed by atoms with Crippen molar-refractivity contribution in [2.45, 2.75) is 56.5 Å². The average Bonchev–Trinajstić information content (AvgIpc) is 2.77. The largest absolute Gasteiger partial charge is 0.312 e. The maximum Gasteiger partial charge on any atom is 0.0219 e. The van der Waals surface area contributed by atoms with Gasteiger partial charge in [-0.15, -0.1) is 0 Å². The Kier molecular flexibility index (Phi) is 3.74. The van der Waals surface area contributed by atoms with Gasteiger partial charge in [-0.25, -0.2) is 0 Å². The van der Waals surface area contributed by atoms with Gasteiger partial charge in [0.05, 0.1) is 0 Å². The standard InChI is InChI=1S/C11H22N2S/c1-8(10-4-3-6-12-10)13-11-5-7-14-9(11)2/h8-13H,3-7H2,1-2H3. The van der Waals surface area contributed by atoms with Crippen molar-refractivity contribution in [2.24, 2.45) is 0 Å². The molecule has 0 radical (unpaired) electrons. The first-order valence-corrected chi connectivity index (χ1v) is 6.93. The predicted octanol–water partition coefficient (Wildman–Crippen LogP) is 1.61. The number of hydrogen-bond acceptors (Lipinski definition) is 3. The van der Waals surface area contributed by atoms with Crippen LogP contribution in [0.5, 0.6) is 0 Å². The summed E-state index contributed by atoms with van der Waals surface area (Å²) in [7, 11) is 0. The molecule has 2 aliphatic rings. The van der Waals surface area contributed by atoms with Crippen molar-refractivity contribution >= 4 is 11.8 Å². The van der Waals surface area contributed by atoms with E-state index in [1.165, 1.54) is 31.6 Å². The molecule has 82 valence electrons. The Morgan fingerprint density at radius 3 is 2.86 bits per heavy atom. The molecule has 0 aromatic carbocycles. The van der Waals surface area contributed by atoms with Crippen molar-refractivity contribution in [2.75, 3.05) is 12.3 Å². The van der Waals surface area contributed by atoms with Crippen LogP contribution in [0.2, 0.25) is 0 Å². The number of rotatable bonds is 3. The lowest BCUT2D eigenvalue weighted by molar-refractivity contribution is 0.374. The summed E-state index contributed by atoms with van der Waals surface area (Å²) in [6.07, 6.45) is 4.05. The third kappa shape index (κ3) is 2.44. The van der Waals surface area contributed by atoms with Gasteiger partial charge < -0.3 is 10.6 Å². The summed E-state index contributed by atoms with van der Waals surface area (Å²) in [4.78, 5) is 0. The van der Waals surface area contributed by atoms with Gasteiger partial charge in [0.15, 0.2) is 0 Å². The van der Waals surface area contributed by atoms with Gasteiger partial charge in [-0.05, 0) is 38.5 Å². The SMILES string of the molecule is CC(NC1CCSC1C)C1CCCN1. The Morgan fingerprint density at radius 2 is 2.29 bits per heavy atom. The summed E-state index contributed by atoms with van der Waals surface area (Å²) in [5.74, 6) is 1.34. The zero-order valence-corrected chi connectivity index (χ0v) is 10.1. The Balaban J connectivity index is 1.78. The Labute approximate surface area is 91.6 Å². The van der Waals surface area contributed by atoms with E-state index >= 15 is 0 Å². The van der Waals surface area contributed by atoms with Crippen LogP contribution in [0.4, 0.5) is 0 Å². The van der Waals surface area contributed by atoms with Gasteiger partial charge in [0.1, 0.15) is 0 Å². The minimum Gasteiger partial charge on any atom is -0.312 e. The monoisotopic (exact) mass is 214 g/mol. The zero-order valence-electron chi connectivity index (χ0n) is 9.25. The third-order valence-corrected chi connectivity index (χ3v) is 4.88. The molecule has 4 unspecified atom stereocenters. The quantitative estimate of drug-likeness (QED) is 0.746. The first-order chi connectivity index (χ1) is 6.77. The van der Waals surface area contributed by atoms with Crippen molar-refractivity contribution in [3.63, 3.8) is 0 Å². The molecule has 2 rings (SSSR count). The van der Waals surface area contributed by atoms with Crippen LogP contribution in [-0.2, 0) is 0 Å². The molecule has 0 amide bonds. The van der Waals surface area contributed by atoms with E-state index in [2.05, 4.69) is 36.2 Å². The van der Waals surface area contributed by atoms with E-state index < -0.39 is 0 Å². The van der Waals surface area contributed by atoms with E-state index in [4.69, 9.17) is 0 Å². The molecule has 0 bridgehead atoms. The number of nitrogens with one attached hydrogen (secondary N) is 2. The Morgan fingerprint density at radius 1 is 1.43 bits per heavy atom. The van der Waals surface area contributed by atoms with Crippen LogP contribution in [0, 0.1) is 0 Å². The maximum atomic E-state index is 3.79. The Bertz CT molecular complexity index is 180. The lowest BCUT2D eigenvalue weighted by Crippen LogP contribution is -2.48. The van der Waals surface area contributed by atoms with Gasteiger partial charge in [-0.1, -0.05) is 6.92 Å². The van der Waals surface area contributed by atoms with E-state index in [0.717, 1.165) is 11.3 Å². The third-order valence-electron chi connectivity index (χ3n) is 3.56. The van der Waals surface area contributed by atoms with Crippen LogP contribution >= 0.6 is 11.8 Å². The summed E-state index contributed by atoms with van der Waals surface area (Å²) in [5, 5.41) is 8.17. The highest BCUT2D eigenvalue weighted by atomic mass is 32.2. The molecule has 4 atom stereocenters. The molecule has 14 heavy (non-hydrogen) atoms. The lowest BCUT2D eigenvalue weighted by atomic mass is 10.1. The van der Waals surface area contributed by atoms with Crippen molar-refractivity contribution in [1.82, 2.24) is 10.6 Å².